The van der Waals surface area contributed by atoms with Gasteiger partial charge in [-0.15, -0.1) is 0 Å². The molecule has 0 unspecified atom stereocenters. The van der Waals surface area contributed by atoms with Crippen LogP contribution in [-0.2, 0) is 20.9 Å². The molecule has 142 valence electrons. The van der Waals surface area contributed by atoms with Gasteiger partial charge in [0.2, 0.25) is 0 Å². The largest absolute Gasteiger partial charge is 0.481 e. The molecule has 0 aromatic heterocycles. The van der Waals surface area contributed by atoms with Gasteiger partial charge in [-0.25, -0.2) is 9.59 Å². The maximum Gasteiger partial charge on any atom is 0.344 e. The molecule has 0 aliphatic rings. The van der Waals surface area contributed by atoms with E-state index in [0.717, 1.165) is 16.7 Å². The Labute approximate surface area is 163 Å². The van der Waals surface area contributed by atoms with Crippen molar-refractivity contribution in [3.63, 3.8) is 0 Å². The van der Waals surface area contributed by atoms with Crippen molar-refractivity contribution in [2.24, 2.45) is 0 Å². The first-order valence-corrected chi connectivity index (χ1v) is 8.77. The van der Waals surface area contributed by atoms with Gasteiger partial charge in [-0.1, -0.05) is 60.7 Å². The predicted molar refractivity (Wildman–Crippen MR) is 105 cm³/mol. The van der Waals surface area contributed by atoms with Crippen LogP contribution in [-0.4, -0.2) is 25.7 Å². The molecule has 0 radical (unpaired) electrons. The monoisotopic (exact) mass is 376 g/mol. The molecule has 0 aliphatic carbocycles. The second kappa shape index (κ2) is 9.37. The van der Waals surface area contributed by atoms with Gasteiger partial charge in [0.05, 0.1) is 12.7 Å². The highest BCUT2D eigenvalue weighted by Crippen LogP contribution is 2.29. The van der Waals surface area contributed by atoms with Crippen molar-refractivity contribution in [1.82, 2.24) is 0 Å². The molecular weight excluding hydrogens is 356 g/mol. The third kappa shape index (κ3) is 4.98. The van der Waals surface area contributed by atoms with Gasteiger partial charge in [0.1, 0.15) is 12.4 Å². The summed E-state index contributed by atoms with van der Waals surface area (Å²) in [4.78, 5) is 23.5. The van der Waals surface area contributed by atoms with Gasteiger partial charge in [-0.05, 0) is 29.3 Å². The summed E-state index contributed by atoms with van der Waals surface area (Å²) in [7, 11) is 1.33. The molecule has 3 rings (SSSR count). The molecule has 5 heteroatoms. The minimum Gasteiger partial charge on any atom is -0.481 e. The van der Waals surface area contributed by atoms with Crippen LogP contribution in [0.4, 0.5) is 0 Å². The Balaban J connectivity index is 1.55. The topological polar surface area (TPSA) is 61.8 Å². The van der Waals surface area contributed by atoms with E-state index >= 15 is 0 Å². The van der Waals surface area contributed by atoms with Crippen molar-refractivity contribution < 1.29 is 23.8 Å². The maximum atomic E-state index is 12.0. The van der Waals surface area contributed by atoms with Gasteiger partial charge >= 0.3 is 11.9 Å². The van der Waals surface area contributed by atoms with Crippen molar-refractivity contribution in [3.05, 3.63) is 90.0 Å². The summed E-state index contributed by atoms with van der Waals surface area (Å²) in [5.41, 5.74) is 3.13. The van der Waals surface area contributed by atoms with Crippen LogP contribution < -0.4 is 4.74 Å². The maximum absolute atomic E-state index is 12.0. The van der Waals surface area contributed by atoms with Gasteiger partial charge in [-0.3, -0.25) is 0 Å². The summed E-state index contributed by atoms with van der Waals surface area (Å²) < 4.78 is 15.6. The fraction of sp³-hybridized carbons (Fsp3) is 0.130. The minimum atomic E-state index is -0.472. The lowest BCUT2D eigenvalue weighted by molar-refractivity contribution is -0.147. The van der Waals surface area contributed by atoms with Crippen molar-refractivity contribution in [3.8, 4) is 16.9 Å². The SMILES string of the molecule is COC(=O)c1ccc(COC(=O)COc2ccccc2-c2ccccc2)cc1. The number of para-hydroxylation sites is 1. The molecule has 0 N–H and O–H groups in total. The predicted octanol–water partition coefficient (Wildman–Crippen LogP) is 4.26. The molecule has 5 nitrogen and oxygen atoms in total. The van der Waals surface area contributed by atoms with Gasteiger partial charge in [0, 0.05) is 5.56 Å². The summed E-state index contributed by atoms with van der Waals surface area (Å²) in [5.74, 6) is -0.262. The number of methoxy groups -OCH3 is 1. The van der Waals surface area contributed by atoms with E-state index in [1.54, 1.807) is 24.3 Å². The van der Waals surface area contributed by atoms with E-state index in [2.05, 4.69) is 4.74 Å². The van der Waals surface area contributed by atoms with E-state index in [1.807, 2.05) is 54.6 Å². The second-order valence-corrected chi connectivity index (χ2v) is 6.00. The first-order chi connectivity index (χ1) is 13.7. The van der Waals surface area contributed by atoms with E-state index in [4.69, 9.17) is 9.47 Å². The van der Waals surface area contributed by atoms with Crippen LogP contribution in [0.2, 0.25) is 0 Å². The number of benzene rings is 3. The summed E-state index contributed by atoms with van der Waals surface area (Å²) in [6, 6.07) is 24.0. The first-order valence-electron chi connectivity index (χ1n) is 8.77. The van der Waals surface area contributed by atoms with E-state index < -0.39 is 11.9 Å². The number of carbonyl (C=O) groups excluding carboxylic acids is 2. The first kappa shape index (κ1) is 19.2. The molecule has 0 heterocycles. The van der Waals surface area contributed by atoms with Crippen LogP contribution in [0.5, 0.6) is 5.75 Å². The van der Waals surface area contributed by atoms with Crippen LogP contribution in [0, 0.1) is 0 Å². The number of hydrogen-bond acceptors (Lipinski definition) is 5. The highest BCUT2D eigenvalue weighted by atomic mass is 16.6. The molecule has 0 spiro atoms. The molecule has 0 saturated carbocycles. The summed E-state index contributed by atoms with van der Waals surface area (Å²) in [6.45, 7) is -0.0892. The third-order valence-electron chi connectivity index (χ3n) is 4.09. The Morgan fingerprint density at radius 2 is 1.50 bits per heavy atom. The average molecular weight is 376 g/mol. The second-order valence-electron chi connectivity index (χ2n) is 6.00. The number of ether oxygens (including phenoxy) is 3. The van der Waals surface area contributed by atoms with E-state index in [-0.39, 0.29) is 13.2 Å². The van der Waals surface area contributed by atoms with E-state index in [1.165, 1.54) is 7.11 Å². The zero-order chi connectivity index (χ0) is 19.8. The molecule has 28 heavy (non-hydrogen) atoms. The molecule has 0 fully saturated rings. The van der Waals surface area contributed by atoms with Gasteiger partial charge in [-0.2, -0.15) is 0 Å². The van der Waals surface area contributed by atoms with Gasteiger partial charge in [0.25, 0.3) is 0 Å². The van der Waals surface area contributed by atoms with Gasteiger partial charge in [0.15, 0.2) is 6.61 Å². The average Bonchev–Trinajstić information content (AvgIpc) is 2.77. The minimum absolute atomic E-state index is 0.101. The molecule has 0 saturated heterocycles. The fourth-order valence-corrected chi connectivity index (χ4v) is 2.65. The van der Waals surface area contributed by atoms with Crippen LogP contribution in [0.25, 0.3) is 11.1 Å². The Morgan fingerprint density at radius 1 is 0.821 bits per heavy atom. The summed E-state index contributed by atoms with van der Waals surface area (Å²) in [6.07, 6.45) is 0. The Hall–Kier alpha value is -3.60. The van der Waals surface area contributed by atoms with Crippen molar-refractivity contribution in [1.29, 1.82) is 0 Å². The highest BCUT2D eigenvalue weighted by Gasteiger charge is 2.10. The molecule has 0 atom stereocenters. The van der Waals surface area contributed by atoms with E-state index in [9.17, 15) is 9.59 Å². The quantitative estimate of drug-likeness (QED) is 0.577. The number of rotatable bonds is 7. The molecule has 0 bridgehead atoms. The standard InChI is InChI=1S/C23H20O5/c1-26-23(25)19-13-11-17(12-14-19)15-28-22(24)16-27-21-10-6-5-9-20(21)18-7-3-2-4-8-18/h2-14H,15-16H2,1H3. The van der Waals surface area contributed by atoms with Crippen molar-refractivity contribution in [2.75, 3.05) is 13.7 Å². The molecule has 3 aromatic rings. The van der Waals surface area contributed by atoms with E-state index in [0.29, 0.717) is 11.3 Å². The molecule has 3 aromatic carbocycles. The van der Waals surface area contributed by atoms with Crippen LogP contribution in [0.15, 0.2) is 78.9 Å². The Bertz CT molecular complexity index is 933. The number of esters is 2. The van der Waals surface area contributed by atoms with Crippen LogP contribution >= 0.6 is 0 Å². The summed E-state index contributed by atoms with van der Waals surface area (Å²) in [5, 5.41) is 0. The van der Waals surface area contributed by atoms with Gasteiger partial charge < -0.3 is 14.2 Å². The number of hydrogen-bond donors (Lipinski definition) is 0. The lowest BCUT2D eigenvalue weighted by Crippen LogP contribution is -2.15. The Kier molecular flexibility index (Phi) is 6.41. The fourth-order valence-electron chi connectivity index (χ4n) is 2.65. The molecular formula is C23H20O5. The van der Waals surface area contributed by atoms with Crippen molar-refractivity contribution >= 4 is 11.9 Å². The third-order valence-corrected chi connectivity index (χ3v) is 4.09. The Morgan fingerprint density at radius 3 is 2.21 bits per heavy atom. The molecule has 0 aliphatic heterocycles. The van der Waals surface area contributed by atoms with Crippen LogP contribution in [0.3, 0.4) is 0 Å². The zero-order valence-corrected chi connectivity index (χ0v) is 15.5. The molecule has 0 amide bonds. The van der Waals surface area contributed by atoms with Crippen molar-refractivity contribution in [2.45, 2.75) is 6.61 Å². The van der Waals surface area contributed by atoms with Crippen LogP contribution in [0.1, 0.15) is 15.9 Å². The number of carbonyl (C=O) groups is 2. The normalized spacial score (nSPS) is 10.2. The lowest BCUT2D eigenvalue weighted by atomic mass is 10.1. The summed E-state index contributed by atoms with van der Waals surface area (Å²) >= 11 is 0. The lowest BCUT2D eigenvalue weighted by Gasteiger charge is -2.11. The smallest absolute Gasteiger partial charge is 0.344 e. The highest BCUT2D eigenvalue weighted by molar-refractivity contribution is 5.89. The zero-order valence-electron chi connectivity index (χ0n) is 15.5.